The molecule has 1 heterocycles. The van der Waals surface area contributed by atoms with Crippen molar-refractivity contribution in [2.45, 2.75) is 6.61 Å². The van der Waals surface area contributed by atoms with Crippen LogP contribution in [0.3, 0.4) is 0 Å². The van der Waals surface area contributed by atoms with Crippen LogP contribution < -0.4 is 14.8 Å². The van der Waals surface area contributed by atoms with Crippen molar-refractivity contribution in [2.75, 3.05) is 7.11 Å². The fourth-order valence-corrected chi connectivity index (χ4v) is 3.82. The van der Waals surface area contributed by atoms with E-state index in [-0.39, 0.29) is 5.91 Å². The Hall–Kier alpha value is -4.02. The molecule has 0 radical (unpaired) electrons. The molecule has 1 amide bonds. The third-order valence-corrected chi connectivity index (χ3v) is 5.57. The number of ether oxygens (including phenoxy) is 2. The Morgan fingerprint density at radius 3 is 2.47 bits per heavy atom. The van der Waals surface area contributed by atoms with Gasteiger partial charge in [-0.3, -0.25) is 4.79 Å². The number of carbonyl (C=O) groups is 1. The zero-order chi connectivity index (χ0) is 22.3. The van der Waals surface area contributed by atoms with E-state index < -0.39 is 0 Å². The Bertz CT molecular complexity index is 1230. The molecule has 0 aromatic heterocycles. The van der Waals surface area contributed by atoms with Crippen LogP contribution in [0.4, 0.5) is 5.69 Å². The maximum atomic E-state index is 12.3. The van der Waals surface area contributed by atoms with Gasteiger partial charge in [0.2, 0.25) is 0 Å². The molecule has 0 spiro atoms. The lowest BCUT2D eigenvalue weighted by Crippen LogP contribution is -2.19. The summed E-state index contributed by atoms with van der Waals surface area (Å²) in [5.41, 5.74) is 3.04. The number of carbonyl (C=O) groups excluding carboxylic acids is 1. The van der Waals surface area contributed by atoms with Crippen LogP contribution in [0.25, 0.3) is 6.08 Å². The van der Waals surface area contributed by atoms with Crippen LogP contribution in [0.5, 0.6) is 11.5 Å². The van der Waals surface area contributed by atoms with Crippen molar-refractivity contribution >= 4 is 34.6 Å². The standard InChI is InChI=1S/C25H19N3O3S/c1-30-21-12-8-20(9-13-21)27-25-28-24(29)23(32-25)14-17-6-10-22(11-7-17)31-16-19-5-3-2-4-18(19)15-26/h2-14H,16H2,1H3,(H,27,28,29)/b23-14+. The molecule has 1 aliphatic rings. The molecule has 0 aliphatic carbocycles. The van der Waals surface area contributed by atoms with Crippen molar-refractivity contribution in [1.82, 2.24) is 5.32 Å². The maximum Gasteiger partial charge on any atom is 0.264 e. The highest BCUT2D eigenvalue weighted by Gasteiger charge is 2.23. The maximum absolute atomic E-state index is 12.3. The first-order chi connectivity index (χ1) is 15.6. The Balaban J connectivity index is 1.40. The number of benzene rings is 3. The van der Waals surface area contributed by atoms with E-state index in [4.69, 9.17) is 9.47 Å². The second-order valence-electron chi connectivity index (χ2n) is 6.81. The molecule has 1 saturated heterocycles. The summed E-state index contributed by atoms with van der Waals surface area (Å²) >= 11 is 1.29. The van der Waals surface area contributed by atoms with E-state index >= 15 is 0 Å². The first kappa shape index (κ1) is 21.2. The topological polar surface area (TPSA) is 83.7 Å². The van der Waals surface area contributed by atoms with Crippen LogP contribution in [0, 0.1) is 11.3 Å². The Kier molecular flexibility index (Phi) is 6.54. The van der Waals surface area contributed by atoms with E-state index in [9.17, 15) is 10.1 Å². The minimum absolute atomic E-state index is 0.185. The van der Waals surface area contributed by atoms with E-state index in [2.05, 4.69) is 16.4 Å². The quantitative estimate of drug-likeness (QED) is 0.542. The summed E-state index contributed by atoms with van der Waals surface area (Å²) in [4.78, 5) is 17.3. The van der Waals surface area contributed by atoms with Crippen LogP contribution in [0.15, 0.2) is 82.7 Å². The van der Waals surface area contributed by atoms with E-state index in [1.807, 2.05) is 72.8 Å². The van der Waals surface area contributed by atoms with Gasteiger partial charge in [0, 0.05) is 5.56 Å². The fraction of sp³-hybridized carbons (Fsp3) is 0.0800. The first-order valence-corrected chi connectivity index (χ1v) is 10.6. The molecule has 32 heavy (non-hydrogen) atoms. The Morgan fingerprint density at radius 2 is 1.75 bits per heavy atom. The molecule has 6 nitrogen and oxygen atoms in total. The van der Waals surface area contributed by atoms with Crippen LogP contribution in [0.1, 0.15) is 16.7 Å². The second kappa shape index (κ2) is 9.86. The Labute approximate surface area is 190 Å². The molecule has 0 saturated carbocycles. The van der Waals surface area contributed by atoms with Gasteiger partial charge in [0.1, 0.15) is 18.1 Å². The highest BCUT2D eigenvalue weighted by atomic mass is 32.2. The average Bonchev–Trinajstić information content (AvgIpc) is 3.17. The van der Waals surface area contributed by atoms with Crippen LogP contribution in [-0.2, 0) is 11.4 Å². The van der Waals surface area contributed by atoms with Gasteiger partial charge in [-0.05, 0) is 65.9 Å². The summed E-state index contributed by atoms with van der Waals surface area (Å²) in [6.45, 7) is 0.313. The van der Waals surface area contributed by atoms with Crippen molar-refractivity contribution in [3.63, 3.8) is 0 Å². The number of amides is 1. The first-order valence-electron chi connectivity index (χ1n) is 9.79. The lowest BCUT2D eigenvalue weighted by molar-refractivity contribution is -0.115. The van der Waals surface area contributed by atoms with E-state index in [0.29, 0.717) is 28.0 Å². The highest BCUT2D eigenvalue weighted by Crippen LogP contribution is 2.29. The summed E-state index contributed by atoms with van der Waals surface area (Å²) in [6, 6.07) is 24.2. The SMILES string of the molecule is COc1ccc(N=C2NC(=O)/C(=C\c3ccc(OCc4ccccc4C#N)cc3)S2)cc1. The average molecular weight is 442 g/mol. The Morgan fingerprint density at radius 1 is 1.03 bits per heavy atom. The summed E-state index contributed by atoms with van der Waals surface area (Å²) in [5.74, 6) is 1.25. The number of nitriles is 1. The predicted octanol–water partition coefficient (Wildman–Crippen LogP) is 5.04. The molecule has 3 aromatic carbocycles. The number of nitrogens with zero attached hydrogens (tertiary/aromatic N) is 2. The lowest BCUT2D eigenvalue weighted by Gasteiger charge is -2.07. The van der Waals surface area contributed by atoms with E-state index in [1.54, 1.807) is 13.2 Å². The molecule has 1 fully saturated rings. The normalized spacial score (nSPS) is 15.4. The number of rotatable bonds is 6. The van der Waals surface area contributed by atoms with E-state index in [0.717, 1.165) is 22.6 Å². The zero-order valence-corrected chi connectivity index (χ0v) is 18.1. The zero-order valence-electron chi connectivity index (χ0n) is 17.2. The number of thioether (sulfide) groups is 1. The van der Waals surface area contributed by atoms with Crippen molar-refractivity contribution < 1.29 is 14.3 Å². The minimum atomic E-state index is -0.185. The molecule has 4 rings (SSSR count). The predicted molar refractivity (Wildman–Crippen MR) is 126 cm³/mol. The number of amidine groups is 1. The number of hydrogen-bond donors (Lipinski definition) is 1. The molecule has 0 atom stereocenters. The molecule has 0 bridgehead atoms. The highest BCUT2D eigenvalue weighted by molar-refractivity contribution is 8.18. The van der Waals surface area contributed by atoms with Crippen LogP contribution in [-0.4, -0.2) is 18.2 Å². The fourth-order valence-electron chi connectivity index (χ4n) is 2.98. The third-order valence-electron chi connectivity index (χ3n) is 4.66. The summed E-state index contributed by atoms with van der Waals surface area (Å²) in [6.07, 6.45) is 1.81. The van der Waals surface area contributed by atoms with Crippen LogP contribution in [0.2, 0.25) is 0 Å². The molecular formula is C25H19N3O3S. The minimum Gasteiger partial charge on any atom is -0.497 e. The molecular weight excluding hydrogens is 422 g/mol. The number of hydrogen-bond acceptors (Lipinski definition) is 6. The molecule has 3 aromatic rings. The van der Waals surface area contributed by atoms with Gasteiger partial charge in [-0.2, -0.15) is 5.26 Å². The van der Waals surface area contributed by atoms with Crippen molar-refractivity contribution in [3.05, 3.63) is 94.4 Å². The van der Waals surface area contributed by atoms with Crippen LogP contribution >= 0.6 is 11.8 Å². The van der Waals surface area contributed by atoms with E-state index in [1.165, 1.54) is 11.8 Å². The lowest BCUT2D eigenvalue weighted by atomic mass is 10.1. The van der Waals surface area contributed by atoms with Gasteiger partial charge in [-0.15, -0.1) is 0 Å². The van der Waals surface area contributed by atoms with Gasteiger partial charge >= 0.3 is 0 Å². The molecule has 158 valence electrons. The summed E-state index contributed by atoms with van der Waals surface area (Å²) in [5, 5.41) is 12.5. The van der Waals surface area contributed by atoms with Gasteiger partial charge in [0.25, 0.3) is 5.91 Å². The van der Waals surface area contributed by atoms with Crippen molar-refractivity contribution in [1.29, 1.82) is 5.26 Å². The van der Waals surface area contributed by atoms with Gasteiger partial charge in [0.15, 0.2) is 5.17 Å². The van der Waals surface area contributed by atoms with Crippen molar-refractivity contribution in [3.8, 4) is 17.6 Å². The number of nitrogens with one attached hydrogen (secondary N) is 1. The number of aliphatic imine (C=N–C) groups is 1. The van der Waals surface area contributed by atoms with Gasteiger partial charge < -0.3 is 14.8 Å². The molecule has 7 heteroatoms. The smallest absolute Gasteiger partial charge is 0.264 e. The van der Waals surface area contributed by atoms with Gasteiger partial charge in [-0.25, -0.2) is 4.99 Å². The summed E-state index contributed by atoms with van der Waals surface area (Å²) in [7, 11) is 1.61. The second-order valence-corrected chi connectivity index (χ2v) is 7.84. The van der Waals surface area contributed by atoms with Gasteiger partial charge in [0.05, 0.1) is 29.3 Å². The monoisotopic (exact) mass is 441 g/mol. The summed E-state index contributed by atoms with van der Waals surface area (Å²) < 4.78 is 10.9. The van der Waals surface area contributed by atoms with Gasteiger partial charge in [-0.1, -0.05) is 30.3 Å². The molecule has 0 unspecified atom stereocenters. The van der Waals surface area contributed by atoms with Crippen molar-refractivity contribution in [2.24, 2.45) is 4.99 Å². The largest absolute Gasteiger partial charge is 0.497 e. The molecule has 1 N–H and O–H groups in total. The third kappa shape index (κ3) is 5.17. The molecule has 1 aliphatic heterocycles. The number of methoxy groups -OCH3 is 1.